The highest BCUT2D eigenvalue weighted by atomic mass is 127. The molecule has 0 N–H and O–H groups in total. The molecule has 2 aromatic heterocycles. The number of hydrogen-bond donors (Lipinski definition) is 0. The monoisotopic (exact) mass is 617 g/mol. The number of benzene rings is 2. The summed E-state index contributed by atoms with van der Waals surface area (Å²) in [6, 6.07) is 16.5. The largest absolute Gasteiger partial charge is 0.452 e. The van der Waals surface area contributed by atoms with E-state index in [1.807, 2.05) is 40.1 Å². The van der Waals surface area contributed by atoms with Crippen molar-refractivity contribution in [2.24, 2.45) is 0 Å². The van der Waals surface area contributed by atoms with Crippen LogP contribution in [0.15, 0.2) is 59.1 Å². The van der Waals surface area contributed by atoms with Crippen LogP contribution in [-0.2, 0) is 11.3 Å². The third kappa shape index (κ3) is 5.84. The first kappa shape index (κ1) is 25.0. The molecule has 1 aliphatic heterocycles. The Hall–Kier alpha value is -3.68. The fraction of sp³-hybridized carbons (Fsp3) is 0.280. The first-order valence-corrected chi connectivity index (χ1v) is 14.4. The van der Waals surface area contributed by atoms with E-state index in [2.05, 4.69) is 19.8 Å². The molecule has 10 nitrogen and oxygen atoms in total. The molecule has 0 aliphatic carbocycles. The molecule has 5 rings (SSSR count). The summed E-state index contributed by atoms with van der Waals surface area (Å²) in [5.41, 5.74) is 1.59. The number of amides is 1. The van der Waals surface area contributed by atoms with E-state index in [-0.39, 0.29) is 12.5 Å². The molecule has 1 aliphatic rings. The molecule has 0 radical (unpaired) electrons. The van der Waals surface area contributed by atoms with Gasteiger partial charge in [-0.05, 0) is 50.2 Å². The summed E-state index contributed by atoms with van der Waals surface area (Å²) in [6.45, 7) is 4.12. The Balaban J connectivity index is 1.33. The number of ether oxygens (including phenoxy) is 1. The van der Waals surface area contributed by atoms with Gasteiger partial charge in [0, 0.05) is 44.2 Å². The number of alkyl halides is 2. The van der Waals surface area contributed by atoms with Crippen LogP contribution in [0.4, 0.5) is 10.3 Å². The van der Waals surface area contributed by atoms with Crippen LogP contribution in [0.3, 0.4) is 0 Å². The minimum atomic E-state index is -1.35. The molecule has 0 spiro atoms. The molecule has 0 bridgehead atoms. The number of piperazine rings is 1. The van der Waals surface area contributed by atoms with Gasteiger partial charge in [0.25, 0.3) is 10.3 Å². The van der Waals surface area contributed by atoms with E-state index in [9.17, 15) is 9.18 Å². The second kappa shape index (κ2) is 11.2. The predicted molar refractivity (Wildman–Crippen MR) is 145 cm³/mol. The molecule has 1 atom stereocenters. The average Bonchev–Trinajstić information content (AvgIpc) is 3.56. The maximum atomic E-state index is 13.6. The van der Waals surface area contributed by atoms with Gasteiger partial charge < -0.3 is 19.1 Å². The lowest BCUT2D eigenvalue weighted by molar-refractivity contribution is -0.132. The summed E-state index contributed by atoms with van der Waals surface area (Å²) in [6.07, 6.45) is 0. The normalized spacial score (nSPS) is 14.5. The van der Waals surface area contributed by atoms with Gasteiger partial charge in [0.15, 0.2) is 11.6 Å². The van der Waals surface area contributed by atoms with E-state index < -0.39 is 25.1 Å². The first-order valence-electron chi connectivity index (χ1n) is 11.6. The van der Waals surface area contributed by atoms with Gasteiger partial charge >= 0.3 is 0 Å². The standard InChI is InChI=1S/C25H25FIN7O3/c1-17-28-25(31-37-17)33-14-12-32(13-15-33)21(35)16-34-23(19-6-4-3-5-7-19)29-22(30-34)18-8-10-20(11-9-18)36-24(26)27-2/h3-11,24H,2,12-16H2,1H3. The Morgan fingerprint density at radius 2 is 1.81 bits per heavy atom. The van der Waals surface area contributed by atoms with Crippen molar-refractivity contribution in [2.75, 3.05) is 31.1 Å². The number of hydrogen-bond acceptors (Lipinski definition) is 8. The first-order chi connectivity index (χ1) is 18.0. The molecule has 1 amide bonds. The van der Waals surface area contributed by atoms with Crippen molar-refractivity contribution in [1.29, 1.82) is 0 Å². The Kier molecular flexibility index (Phi) is 7.53. The minimum Gasteiger partial charge on any atom is -0.452 e. The van der Waals surface area contributed by atoms with Gasteiger partial charge in [0.2, 0.25) is 11.8 Å². The molecule has 3 heterocycles. The van der Waals surface area contributed by atoms with Crippen LogP contribution < -0.4 is 9.64 Å². The van der Waals surface area contributed by atoms with E-state index in [0.717, 1.165) is 11.1 Å². The highest BCUT2D eigenvalue weighted by Gasteiger charge is 2.25. The van der Waals surface area contributed by atoms with Crippen LogP contribution in [-0.4, -0.2) is 70.8 Å². The quantitative estimate of drug-likeness (QED) is 0.218. The van der Waals surface area contributed by atoms with Gasteiger partial charge in [0.05, 0.1) is 0 Å². The van der Waals surface area contributed by atoms with Crippen LogP contribution in [0.25, 0.3) is 22.8 Å². The molecule has 1 fully saturated rings. The Morgan fingerprint density at radius 1 is 1.08 bits per heavy atom. The number of rotatable bonds is 8. The van der Waals surface area contributed by atoms with Crippen LogP contribution in [0, 0.1) is 6.92 Å². The molecule has 2 aromatic carbocycles. The molecule has 12 heteroatoms. The fourth-order valence-electron chi connectivity index (χ4n) is 3.99. The third-order valence-corrected chi connectivity index (χ3v) is 6.83. The van der Waals surface area contributed by atoms with Gasteiger partial charge in [-0.25, -0.2) is 9.67 Å². The SMILES string of the molecule is C=IC(F)Oc1ccc(-c2nc(-c3ccccc3)n(CC(=O)N3CCN(c4noc(C)n4)CC3)n2)cc1. The van der Waals surface area contributed by atoms with Gasteiger partial charge in [-0.3, -0.25) is 4.79 Å². The van der Waals surface area contributed by atoms with Crippen molar-refractivity contribution in [3.8, 4) is 28.5 Å². The fourth-order valence-corrected chi connectivity index (χ4v) is 4.47. The topological polar surface area (TPSA) is 102 Å². The summed E-state index contributed by atoms with van der Waals surface area (Å²) >= 11 is -0.906. The van der Waals surface area contributed by atoms with Crippen molar-refractivity contribution in [2.45, 2.75) is 17.8 Å². The second-order valence-electron chi connectivity index (χ2n) is 8.32. The Bertz CT molecular complexity index is 1370. The summed E-state index contributed by atoms with van der Waals surface area (Å²) in [5, 5.41) is 8.62. The lowest BCUT2D eigenvalue weighted by Gasteiger charge is -2.33. The lowest BCUT2D eigenvalue weighted by Crippen LogP contribution is -2.50. The van der Waals surface area contributed by atoms with Crippen LogP contribution >= 0.6 is 20.7 Å². The van der Waals surface area contributed by atoms with Gasteiger partial charge in [-0.1, -0.05) is 34.8 Å². The average molecular weight is 617 g/mol. The van der Waals surface area contributed by atoms with Crippen LogP contribution in [0.1, 0.15) is 5.89 Å². The number of aryl methyl sites for hydroxylation is 1. The van der Waals surface area contributed by atoms with Crippen LogP contribution in [0.5, 0.6) is 5.75 Å². The molecular weight excluding hydrogens is 592 g/mol. The number of aromatic nitrogens is 5. The number of carbonyl (C=O) groups excluding carboxylic acids is 1. The molecule has 1 saturated heterocycles. The zero-order valence-corrected chi connectivity index (χ0v) is 22.3. The van der Waals surface area contributed by atoms with Crippen molar-refractivity contribution in [3.05, 3.63) is 60.5 Å². The predicted octanol–water partition coefficient (Wildman–Crippen LogP) is 3.69. The minimum absolute atomic E-state index is 0.0493. The Labute approximate surface area is 222 Å². The van der Waals surface area contributed by atoms with Crippen molar-refractivity contribution in [3.63, 3.8) is 0 Å². The van der Waals surface area contributed by atoms with Gasteiger partial charge in [0.1, 0.15) is 12.3 Å². The summed E-state index contributed by atoms with van der Waals surface area (Å²) < 4.78 is 27.7. The van der Waals surface area contributed by atoms with E-state index in [1.54, 1.807) is 35.9 Å². The number of halogens is 2. The zero-order valence-electron chi connectivity index (χ0n) is 20.1. The highest BCUT2D eigenvalue weighted by molar-refractivity contribution is 14.2. The maximum absolute atomic E-state index is 13.6. The van der Waals surface area contributed by atoms with E-state index in [0.29, 0.717) is 55.4 Å². The van der Waals surface area contributed by atoms with E-state index in [1.165, 1.54) is 0 Å². The highest BCUT2D eigenvalue weighted by Crippen LogP contribution is 2.26. The summed E-state index contributed by atoms with van der Waals surface area (Å²) in [7, 11) is 0. The van der Waals surface area contributed by atoms with Gasteiger partial charge in [-0.15, -0.1) is 5.10 Å². The second-order valence-corrected chi connectivity index (χ2v) is 10.2. The van der Waals surface area contributed by atoms with Gasteiger partial charge in [-0.2, -0.15) is 9.37 Å². The molecular formula is C25H25FIN7O3. The summed E-state index contributed by atoms with van der Waals surface area (Å²) in [4.78, 5) is 26.0. The van der Waals surface area contributed by atoms with E-state index >= 15 is 0 Å². The zero-order chi connectivity index (χ0) is 25.8. The van der Waals surface area contributed by atoms with Crippen molar-refractivity contribution in [1.82, 2.24) is 29.8 Å². The Morgan fingerprint density at radius 3 is 2.46 bits per heavy atom. The molecule has 0 saturated carbocycles. The van der Waals surface area contributed by atoms with Crippen molar-refractivity contribution < 1.29 is 18.4 Å². The lowest BCUT2D eigenvalue weighted by atomic mass is 10.2. The van der Waals surface area contributed by atoms with Crippen LogP contribution in [0.2, 0.25) is 0 Å². The molecule has 4 aromatic rings. The number of nitrogens with zero attached hydrogens (tertiary/aromatic N) is 7. The number of anilines is 1. The third-order valence-electron chi connectivity index (χ3n) is 5.88. The molecule has 1 unspecified atom stereocenters. The van der Waals surface area contributed by atoms with E-state index in [4.69, 9.17) is 14.2 Å². The smallest absolute Gasteiger partial charge is 0.283 e. The molecule has 37 heavy (non-hydrogen) atoms. The number of carbonyl (C=O) groups is 1. The maximum Gasteiger partial charge on any atom is 0.283 e. The summed E-state index contributed by atoms with van der Waals surface area (Å²) in [5.74, 6) is 2.49. The van der Waals surface area contributed by atoms with Crippen molar-refractivity contribution >= 4 is 37.1 Å². The molecule has 192 valence electrons.